The topological polar surface area (TPSA) is 17.1 Å². The Balaban J connectivity index is 2.89. The molecule has 1 heteroatoms. The predicted molar refractivity (Wildman–Crippen MR) is 92.2 cm³/mol. The van der Waals surface area contributed by atoms with Crippen LogP contribution in [-0.4, -0.2) is 6.29 Å². The minimum Gasteiger partial charge on any atom is -0.299 e. The second-order valence-corrected chi connectivity index (χ2v) is 6.29. The van der Waals surface area contributed by atoms with Crippen molar-refractivity contribution < 1.29 is 8.91 Å². The fourth-order valence-electron chi connectivity index (χ4n) is 2.71. The van der Waals surface area contributed by atoms with Gasteiger partial charge in [-0.3, -0.25) is 4.79 Å². The SMILES string of the molecule is [2H]C([2H])([2H])C(/C=C/C=C(C)/C=C/C1=C(C)CCCC1(C)C)=C\C=O. The summed E-state index contributed by atoms with van der Waals surface area (Å²) in [5, 5.41) is 0. The van der Waals surface area contributed by atoms with Gasteiger partial charge in [-0.1, -0.05) is 55.4 Å². The van der Waals surface area contributed by atoms with Gasteiger partial charge in [0.15, 0.2) is 0 Å². The number of hydrogen-bond donors (Lipinski definition) is 0. The first-order chi connectivity index (χ1) is 11.1. The van der Waals surface area contributed by atoms with Gasteiger partial charge in [-0.2, -0.15) is 0 Å². The standard InChI is InChI=1S/C20H28O/c1-16(8-6-9-17(2)13-15-21)11-12-19-18(3)10-7-14-20(19,4)5/h6,8-9,11-13,15H,7,10,14H2,1-5H3/b9-6+,12-11+,16-8+,17-13+/i2D3. The van der Waals surface area contributed by atoms with Crippen LogP contribution in [0.15, 0.2) is 58.7 Å². The van der Waals surface area contributed by atoms with Crippen LogP contribution in [0.25, 0.3) is 0 Å². The fraction of sp³-hybridized carbons (Fsp3) is 0.450. The Kier molecular flexibility index (Phi) is 4.96. The average molecular weight is 287 g/mol. The van der Waals surface area contributed by atoms with Gasteiger partial charge in [0.2, 0.25) is 0 Å². The van der Waals surface area contributed by atoms with Crippen LogP contribution in [-0.2, 0) is 4.79 Å². The van der Waals surface area contributed by atoms with Crippen molar-refractivity contribution >= 4 is 6.29 Å². The molecule has 0 aliphatic heterocycles. The van der Waals surface area contributed by atoms with Crippen molar-refractivity contribution in [3.8, 4) is 0 Å². The van der Waals surface area contributed by atoms with E-state index in [2.05, 4.69) is 32.9 Å². The van der Waals surface area contributed by atoms with E-state index in [9.17, 15) is 4.79 Å². The van der Waals surface area contributed by atoms with Crippen molar-refractivity contribution in [1.29, 1.82) is 0 Å². The third kappa shape index (κ3) is 5.71. The summed E-state index contributed by atoms with van der Waals surface area (Å²) in [5.41, 5.74) is 4.12. The zero-order chi connectivity index (χ0) is 18.4. The Morgan fingerprint density at radius 2 is 2.00 bits per heavy atom. The molecular formula is C20H28O. The normalized spacial score (nSPS) is 23.3. The van der Waals surface area contributed by atoms with Gasteiger partial charge in [0.05, 0.1) is 0 Å². The summed E-state index contributed by atoms with van der Waals surface area (Å²) in [5.74, 6) is 0. The molecule has 0 radical (unpaired) electrons. The maximum absolute atomic E-state index is 10.5. The van der Waals surface area contributed by atoms with Gasteiger partial charge in [-0.25, -0.2) is 0 Å². The monoisotopic (exact) mass is 287 g/mol. The van der Waals surface area contributed by atoms with Crippen molar-refractivity contribution in [2.75, 3.05) is 0 Å². The second-order valence-electron chi connectivity index (χ2n) is 6.29. The Morgan fingerprint density at radius 1 is 1.24 bits per heavy atom. The van der Waals surface area contributed by atoms with E-state index >= 15 is 0 Å². The fourth-order valence-corrected chi connectivity index (χ4v) is 2.71. The molecule has 0 N–H and O–H groups in total. The van der Waals surface area contributed by atoms with Crippen LogP contribution in [0, 0.1) is 5.41 Å². The third-order valence-electron chi connectivity index (χ3n) is 3.94. The molecule has 0 aromatic rings. The molecule has 1 rings (SSSR count). The van der Waals surface area contributed by atoms with Gasteiger partial charge in [-0.15, -0.1) is 0 Å². The molecule has 0 spiro atoms. The Hall–Kier alpha value is -1.63. The number of allylic oxidation sites excluding steroid dienone is 10. The van der Waals surface area contributed by atoms with Crippen LogP contribution < -0.4 is 0 Å². The van der Waals surface area contributed by atoms with Gasteiger partial charge in [0.1, 0.15) is 6.29 Å². The third-order valence-corrected chi connectivity index (χ3v) is 3.94. The van der Waals surface area contributed by atoms with Crippen LogP contribution in [0.3, 0.4) is 0 Å². The van der Waals surface area contributed by atoms with Crippen molar-refractivity contribution in [1.82, 2.24) is 0 Å². The van der Waals surface area contributed by atoms with E-state index in [0.717, 1.165) is 18.1 Å². The Morgan fingerprint density at radius 3 is 2.62 bits per heavy atom. The van der Waals surface area contributed by atoms with Crippen molar-refractivity contribution in [3.05, 3.63) is 58.7 Å². The summed E-state index contributed by atoms with van der Waals surface area (Å²) >= 11 is 0. The molecule has 114 valence electrons. The largest absolute Gasteiger partial charge is 0.299 e. The second kappa shape index (κ2) is 7.97. The Labute approximate surface area is 134 Å². The maximum atomic E-state index is 10.5. The predicted octanol–water partition coefficient (Wildman–Crippen LogP) is 5.72. The minimum absolute atomic E-state index is 0.0393. The van der Waals surface area contributed by atoms with Gasteiger partial charge in [-0.05, 0) is 62.6 Å². The van der Waals surface area contributed by atoms with E-state index in [1.165, 1.54) is 30.1 Å². The lowest BCUT2D eigenvalue weighted by Crippen LogP contribution is -2.19. The number of hydrogen-bond acceptors (Lipinski definition) is 1. The molecule has 0 atom stereocenters. The summed E-state index contributed by atoms with van der Waals surface area (Å²) in [4.78, 5) is 10.5. The lowest BCUT2D eigenvalue weighted by atomic mass is 9.72. The summed E-state index contributed by atoms with van der Waals surface area (Å²) < 4.78 is 22.1. The molecule has 0 fully saturated rings. The van der Waals surface area contributed by atoms with E-state index in [1.807, 2.05) is 13.0 Å². The van der Waals surface area contributed by atoms with Crippen molar-refractivity contribution in [2.45, 2.75) is 53.8 Å². The summed E-state index contributed by atoms with van der Waals surface area (Å²) in [7, 11) is 0. The quantitative estimate of drug-likeness (QED) is 0.359. The Bertz CT molecular complexity index is 611. The van der Waals surface area contributed by atoms with Crippen LogP contribution in [0.4, 0.5) is 0 Å². The first kappa shape index (κ1) is 13.1. The van der Waals surface area contributed by atoms with Crippen LogP contribution >= 0.6 is 0 Å². The van der Waals surface area contributed by atoms with E-state index < -0.39 is 6.85 Å². The molecule has 0 saturated heterocycles. The number of aldehydes is 1. The molecule has 0 heterocycles. The molecule has 0 saturated carbocycles. The number of carbonyl (C=O) groups excluding carboxylic acids is 1. The smallest absolute Gasteiger partial charge is 0.143 e. The summed E-state index contributed by atoms with van der Waals surface area (Å²) in [6.07, 6.45) is 14.4. The minimum atomic E-state index is -2.27. The highest BCUT2D eigenvalue weighted by Crippen LogP contribution is 2.40. The number of rotatable bonds is 5. The van der Waals surface area contributed by atoms with Crippen LogP contribution in [0.5, 0.6) is 0 Å². The highest BCUT2D eigenvalue weighted by Gasteiger charge is 2.26. The molecule has 0 bridgehead atoms. The van der Waals surface area contributed by atoms with Crippen molar-refractivity contribution in [2.24, 2.45) is 5.41 Å². The van der Waals surface area contributed by atoms with Gasteiger partial charge >= 0.3 is 0 Å². The first-order valence-electron chi connectivity index (χ1n) is 8.97. The van der Waals surface area contributed by atoms with E-state index in [4.69, 9.17) is 4.11 Å². The molecule has 1 nitrogen and oxygen atoms in total. The highest BCUT2D eigenvalue weighted by atomic mass is 16.1. The summed E-state index contributed by atoms with van der Waals surface area (Å²) in [6, 6.07) is 0. The first-order valence-corrected chi connectivity index (χ1v) is 7.47. The van der Waals surface area contributed by atoms with Gasteiger partial charge in [0, 0.05) is 4.11 Å². The van der Waals surface area contributed by atoms with E-state index in [1.54, 1.807) is 6.08 Å². The molecule has 1 aliphatic carbocycles. The average Bonchev–Trinajstić information content (AvgIpc) is 2.44. The molecule has 0 unspecified atom stereocenters. The highest BCUT2D eigenvalue weighted by molar-refractivity contribution is 5.66. The zero-order valence-electron chi connectivity index (χ0n) is 16.6. The zero-order valence-corrected chi connectivity index (χ0v) is 13.6. The van der Waals surface area contributed by atoms with E-state index in [0.29, 0.717) is 6.29 Å². The summed E-state index contributed by atoms with van der Waals surface area (Å²) in [6.45, 7) is 6.46. The van der Waals surface area contributed by atoms with Gasteiger partial charge < -0.3 is 0 Å². The molecule has 0 aromatic carbocycles. The van der Waals surface area contributed by atoms with Gasteiger partial charge in [0.25, 0.3) is 0 Å². The molecule has 0 aromatic heterocycles. The lowest BCUT2D eigenvalue weighted by Gasteiger charge is -2.32. The van der Waals surface area contributed by atoms with E-state index in [-0.39, 0.29) is 11.0 Å². The van der Waals surface area contributed by atoms with Crippen LogP contribution in [0.1, 0.15) is 57.9 Å². The van der Waals surface area contributed by atoms with Crippen molar-refractivity contribution in [3.63, 3.8) is 0 Å². The molecule has 21 heavy (non-hydrogen) atoms. The molecule has 1 aliphatic rings. The van der Waals surface area contributed by atoms with Crippen LogP contribution in [0.2, 0.25) is 0 Å². The maximum Gasteiger partial charge on any atom is 0.143 e. The number of carbonyl (C=O) groups is 1. The molecule has 0 amide bonds. The lowest BCUT2D eigenvalue weighted by molar-refractivity contribution is -0.104. The molecular weight excluding hydrogens is 256 g/mol.